The molecule has 0 aliphatic heterocycles. The van der Waals surface area contributed by atoms with Crippen molar-refractivity contribution < 1.29 is 9.53 Å². The van der Waals surface area contributed by atoms with E-state index in [-0.39, 0.29) is 12.5 Å². The fourth-order valence-electron chi connectivity index (χ4n) is 1.51. The molecule has 21 heavy (non-hydrogen) atoms. The number of rotatable bonds is 4. The topological polar surface area (TPSA) is 38.3 Å². The van der Waals surface area contributed by atoms with Gasteiger partial charge in [0.25, 0.3) is 5.91 Å². The van der Waals surface area contributed by atoms with Crippen molar-refractivity contribution >= 4 is 62.3 Å². The summed E-state index contributed by atoms with van der Waals surface area (Å²) in [5, 5.41) is 3.90. The number of carbonyl (C=O) groups excluding carboxylic acids is 1. The van der Waals surface area contributed by atoms with Gasteiger partial charge in [0.2, 0.25) is 0 Å². The molecule has 110 valence electrons. The molecule has 3 nitrogen and oxygen atoms in total. The van der Waals surface area contributed by atoms with E-state index in [0.29, 0.717) is 26.5 Å². The largest absolute Gasteiger partial charge is 0.482 e. The van der Waals surface area contributed by atoms with E-state index in [4.69, 9.17) is 39.5 Å². The number of ether oxygens (including phenoxy) is 1. The maximum Gasteiger partial charge on any atom is 0.262 e. The Kier molecular flexibility index (Phi) is 5.76. The molecule has 1 N–H and O–H groups in total. The van der Waals surface area contributed by atoms with E-state index >= 15 is 0 Å². The molecule has 2 aromatic carbocycles. The van der Waals surface area contributed by atoms with Crippen LogP contribution in [0.25, 0.3) is 0 Å². The van der Waals surface area contributed by atoms with Gasteiger partial charge in [-0.15, -0.1) is 0 Å². The maximum atomic E-state index is 11.8. The van der Waals surface area contributed by atoms with Crippen molar-refractivity contribution in [3.8, 4) is 5.75 Å². The van der Waals surface area contributed by atoms with Crippen LogP contribution in [0.2, 0.25) is 15.1 Å². The standard InChI is InChI=1S/C14H9BrCl3NO2/c15-8-1-4-13(11(18)5-8)21-7-14(20)19-12-3-2-9(16)6-10(12)17/h1-6H,7H2,(H,19,20). The first-order valence-electron chi connectivity index (χ1n) is 5.78. The number of benzene rings is 2. The van der Waals surface area contributed by atoms with Gasteiger partial charge in [-0.1, -0.05) is 50.7 Å². The van der Waals surface area contributed by atoms with Crippen LogP contribution >= 0.6 is 50.7 Å². The normalized spacial score (nSPS) is 10.3. The molecular weight excluding hydrogens is 400 g/mol. The van der Waals surface area contributed by atoms with Gasteiger partial charge in [-0.2, -0.15) is 0 Å². The lowest BCUT2D eigenvalue weighted by Gasteiger charge is -2.10. The lowest BCUT2D eigenvalue weighted by Crippen LogP contribution is -2.20. The minimum Gasteiger partial charge on any atom is -0.482 e. The molecule has 7 heteroatoms. The second kappa shape index (κ2) is 7.36. The van der Waals surface area contributed by atoms with E-state index in [1.165, 1.54) is 0 Å². The number of hydrogen-bond acceptors (Lipinski definition) is 2. The Morgan fingerprint density at radius 1 is 1.10 bits per heavy atom. The lowest BCUT2D eigenvalue weighted by atomic mass is 10.3. The highest BCUT2D eigenvalue weighted by Gasteiger charge is 2.09. The molecule has 0 fully saturated rings. The smallest absolute Gasteiger partial charge is 0.262 e. The van der Waals surface area contributed by atoms with Gasteiger partial charge in [-0.3, -0.25) is 4.79 Å². The highest BCUT2D eigenvalue weighted by molar-refractivity contribution is 9.10. The highest BCUT2D eigenvalue weighted by Crippen LogP contribution is 2.28. The molecule has 0 saturated heterocycles. The second-order valence-electron chi connectivity index (χ2n) is 4.04. The zero-order valence-electron chi connectivity index (χ0n) is 10.5. The van der Waals surface area contributed by atoms with Gasteiger partial charge >= 0.3 is 0 Å². The molecule has 1 amide bonds. The van der Waals surface area contributed by atoms with E-state index in [9.17, 15) is 4.79 Å². The predicted octanol–water partition coefficient (Wildman–Crippen LogP) is 5.43. The number of anilines is 1. The summed E-state index contributed by atoms with van der Waals surface area (Å²) >= 11 is 21.0. The summed E-state index contributed by atoms with van der Waals surface area (Å²) in [7, 11) is 0. The molecule has 2 aromatic rings. The van der Waals surface area contributed by atoms with Crippen LogP contribution < -0.4 is 10.1 Å². The molecule has 2 rings (SSSR count). The second-order valence-corrected chi connectivity index (χ2v) is 6.20. The van der Waals surface area contributed by atoms with Crippen LogP contribution in [0, 0.1) is 0 Å². The van der Waals surface area contributed by atoms with Gasteiger partial charge in [0.1, 0.15) is 5.75 Å². The molecule has 0 unspecified atom stereocenters. The fourth-order valence-corrected chi connectivity index (χ4v) is 2.70. The van der Waals surface area contributed by atoms with E-state index < -0.39 is 0 Å². The number of nitrogens with one attached hydrogen (secondary N) is 1. The Hall–Kier alpha value is -0.940. The Morgan fingerprint density at radius 2 is 1.86 bits per heavy atom. The van der Waals surface area contributed by atoms with E-state index in [1.807, 2.05) is 0 Å². The van der Waals surface area contributed by atoms with Gasteiger partial charge < -0.3 is 10.1 Å². The van der Waals surface area contributed by atoms with Crippen LogP contribution in [-0.4, -0.2) is 12.5 Å². The van der Waals surface area contributed by atoms with Gasteiger partial charge in [-0.05, 0) is 36.4 Å². The lowest BCUT2D eigenvalue weighted by molar-refractivity contribution is -0.118. The Balaban J connectivity index is 1.96. The van der Waals surface area contributed by atoms with Crippen LogP contribution in [0.3, 0.4) is 0 Å². The summed E-state index contributed by atoms with van der Waals surface area (Å²) in [6.45, 7) is -0.180. The Morgan fingerprint density at radius 3 is 2.52 bits per heavy atom. The summed E-state index contributed by atoms with van der Waals surface area (Å²) in [6, 6.07) is 9.94. The number of amides is 1. The predicted molar refractivity (Wildman–Crippen MR) is 89.7 cm³/mol. The Bertz CT molecular complexity index is 679. The number of hydrogen-bond donors (Lipinski definition) is 1. The average molecular weight is 409 g/mol. The molecule has 0 saturated carbocycles. The third-order valence-electron chi connectivity index (χ3n) is 2.46. The first-order chi connectivity index (χ1) is 9.95. The molecule has 0 aromatic heterocycles. The van der Waals surface area contributed by atoms with Crippen LogP contribution in [0.15, 0.2) is 40.9 Å². The van der Waals surface area contributed by atoms with Crippen LogP contribution in [0.5, 0.6) is 5.75 Å². The summed E-state index contributed by atoms with van der Waals surface area (Å²) in [5.41, 5.74) is 0.469. The molecule has 0 atom stereocenters. The van der Waals surface area contributed by atoms with Crippen molar-refractivity contribution in [3.63, 3.8) is 0 Å². The van der Waals surface area contributed by atoms with E-state index in [1.54, 1.807) is 36.4 Å². The van der Waals surface area contributed by atoms with Crippen molar-refractivity contribution in [2.75, 3.05) is 11.9 Å². The van der Waals surface area contributed by atoms with Crippen LogP contribution in [0.4, 0.5) is 5.69 Å². The summed E-state index contributed by atoms with van der Waals surface area (Å²) in [6.07, 6.45) is 0. The van der Waals surface area contributed by atoms with E-state index in [2.05, 4.69) is 21.2 Å². The third kappa shape index (κ3) is 4.78. The van der Waals surface area contributed by atoms with Crippen molar-refractivity contribution in [2.24, 2.45) is 0 Å². The third-order valence-corrected chi connectivity index (χ3v) is 3.79. The molecule has 0 radical (unpaired) electrons. The number of halogens is 4. The minimum atomic E-state index is -0.349. The molecular formula is C14H9BrCl3NO2. The zero-order chi connectivity index (χ0) is 15.4. The van der Waals surface area contributed by atoms with Gasteiger partial charge in [0, 0.05) is 9.50 Å². The van der Waals surface area contributed by atoms with Gasteiger partial charge in [-0.25, -0.2) is 0 Å². The average Bonchev–Trinajstić information content (AvgIpc) is 2.41. The monoisotopic (exact) mass is 407 g/mol. The van der Waals surface area contributed by atoms with E-state index in [0.717, 1.165) is 4.47 Å². The van der Waals surface area contributed by atoms with Crippen LogP contribution in [0.1, 0.15) is 0 Å². The SMILES string of the molecule is O=C(COc1ccc(Br)cc1Cl)Nc1ccc(Cl)cc1Cl. The summed E-state index contributed by atoms with van der Waals surface area (Å²) in [4.78, 5) is 11.8. The first kappa shape index (κ1) is 16.4. The van der Waals surface area contributed by atoms with Crippen LogP contribution in [-0.2, 0) is 4.79 Å². The fraction of sp³-hybridized carbons (Fsp3) is 0.0714. The highest BCUT2D eigenvalue weighted by atomic mass is 79.9. The van der Waals surface area contributed by atoms with Crippen molar-refractivity contribution in [1.82, 2.24) is 0 Å². The first-order valence-corrected chi connectivity index (χ1v) is 7.71. The van der Waals surface area contributed by atoms with Crippen molar-refractivity contribution in [1.29, 1.82) is 0 Å². The molecule has 0 aliphatic rings. The Labute approximate surface area is 145 Å². The molecule has 0 bridgehead atoms. The molecule has 0 spiro atoms. The molecule has 0 heterocycles. The van der Waals surface area contributed by atoms with Gasteiger partial charge in [0.05, 0.1) is 15.7 Å². The summed E-state index contributed by atoms with van der Waals surface area (Å²) < 4.78 is 6.19. The quantitative estimate of drug-likeness (QED) is 0.732. The summed E-state index contributed by atoms with van der Waals surface area (Å²) in [5.74, 6) is 0.0791. The molecule has 0 aliphatic carbocycles. The zero-order valence-corrected chi connectivity index (χ0v) is 14.4. The van der Waals surface area contributed by atoms with Gasteiger partial charge in [0.15, 0.2) is 6.61 Å². The maximum absolute atomic E-state index is 11.8. The number of carbonyl (C=O) groups is 1. The van der Waals surface area contributed by atoms with Crippen molar-refractivity contribution in [3.05, 3.63) is 55.9 Å². The minimum absolute atomic E-state index is 0.180. The van der Waals surface area contributed by atoms with Crippen molar-refractivity contribution in [2.45, 2.75) is 0 Å².